The minimum atomic E-state index is 0.700. The summed E-state index contributed by atoms with van der Waals surface area (Å²) in [5, 5.41) is 6.62. The van der Waals surface area contributed by atoms with Gasteiger partial charge in [0.2, 0.25) is 0 Å². The molecule has 0 atom stereocenters. The van der Waals surface area contributed by atoms with E-state index in [4.69, 9.17) is 0 Å². The highest BCUT2D eigenvalue weighted by molar-refractivity contribution is 7.13. The summed E-state index contributed by atoms with van der Waals surface area (Å²) in [4.78, 5) is 9.93. The normalized spacial score (nSPS) is 11.1. The molecule has 0 amide bonds. The molecular formula is C17H14N4S. The zero-order valence-corrected chi connectivity index (χ0v) is 12.9. The van der Waals surface area contributed by atoms with Crippen LogP contribution in [0, 0.1) is 6.92 Å². The van der Waals surface area contributed by atoms with Crippen molar-refractivity contribution in [3.05, 3.63) is 65.6 Å². The van der Waals surface area contributed by atoms with Gasteiger partial charge in [-0.25, -0.2) is 0 Å². The first-order chi connectivity index (χ1) is 10.8. The number of aromatic nitrogens is 4. The fourth-order valence-corrected chi connectivity index (χ4v) is 3.35. The van der Waals surface area contributed by atoms with Crippen molar-refractivity contribution in [3.63, 3.8) is 0 Å². The van der Waals surface area contributed by atoms with E-state index in [2.05, 4.69) is 45.6 Å². The average Bonchev–Trinajstić information content (AvgIpc) is 3.15. The molecular weight excluding hydrogens is 292 g/mol. The molecule has 0 aliphatic heterocycles. The van der Waals surface area contributed by atoms with Crippen molar-refractivity contribution in [2.45, 2.75) is 13.5 Å². The van der Waals surface area contributed by atoms with E-state index in [1.165, 1.54) is 10.4 Å². The van der Waals surface area contributed by atoms with E-state index in [9.17, 15) is 0 Å². The number of thiophene rings is 1. The monoisotopic (exact) mass is 306 g/mol. The second-order valence-corrected chi connectivity index (χ2v) is 6.19. The van der Waals surface area contributed by atoms with Crippen LogP contribution in [0.1, 0.15) is 11.1 Å². The van der Waals surface area contributed by atoms with E-state index in [1.807, 2.05) is 29.3 Å². The van der Waals surface area contributed by atoms with Crippen LogP contribution in [0.4, 0.5) is 0 Å². The van der Waals surface area contributed by atoms with E-state index in [1.54, 1.807) is 17.5 Å². The fraction of sp³-hybridized carbons (Fsp3) is 0.118. The van der Waals surface area contributed by atoms with Gasteiger partial charge in [-0.05, 0) is 41.6 Å². The smallest absolute Gasteiger partial charge is 0.108 e. The summed E-state index contributed by atoms with van der Waals surface area (Å²) in [6.07, 6.45) is 7.38. The molecule has 0 aliphatic carbocycles. The Morgan fingerprint density at radius 1 is 1.18 bits per heavy atom. The molecule has 0 aliphatic rings. The number of hydrogen-bond acceptors (Lipinski definition) is 4. The molecule has 0 radical (unpaired) electrons. The molecule has 0 aromatic carbocycles. The molecule has 0 N–H and O–H groups in total. The lowest BCUT2D eigenvalue weighted by Crippen LogP contribution is -2.01. The Kier molecular flexibility index (Phi) is 3.20. The maximum absolute atomic E-state index is 4.54. The molecule has 0 spiro atoms. The Balaban J connectivity index is 1.76. The van der Waals surface area contributed by atoms with Crippen LogP contribution in [0.3, 0.4) is 0 Å². The molecule has 22 heavy (non-hydrogen) atoms. The Bertz CT molecular complexity index is 924. The topological polar surface area (TPSA) is 43.6 Å². The quantitative estimate of drug-likeness (QED) is 0.576. The molecule has 4 aromatic heterocycles. The van der Waals surface area contributed by atoms with Crippen molar-refractivity contribution in [2.75, 3.05) is 0 Å². The van der Waals surface area contributed by atoms with E-state index < -0.39 is 0 Å². The van der Waals surface area contributed by atoms with E-state index in [0.29, 0.717) is 6.54 Å². The molecule has 0 saturated carbocycles. The third-order valence-corrected chi connectivity index (χ3v) is 4.66. The van der Waals surface area contributed by atoms with E-state index >= 15 is 0 Å². The van der Waals surface area contributed by atoms with Gasteiger partial charge in [-0.2, -0.15) is 5.10 Å². The lowest BCUT2D eigenvalue weighted by atomic mass is 10.2. The maximum Gasteiger partial charge on any atom is 0.108 e. The molecule has 108 valence electrons. The number of pyridine rings is 2. The predicted molar refractivity (Wildman–Crippen MR) is 88.9 cm³/mol. The molecule has 0 bridgehead atoms. The van der Waals surface area contributed by atoms with Gasteiger partial charge in [0.05, 0.1) is 18.3 Å². The second-order valence-electron chi connectivity index (χ2n) is 5.28. The SMILES string of the molecule is Cc1csc(-c2cnc3cnn(Cc4cccnc4)c3c2)c1. The van der Waals surface area contributed by atoms with Gasteiger partial charge >= 0.3 is 0 Å². The first-order valence-electron chi connectivity index (χ1n) is 7.05. The van der Waals surface area contributed by atoms with Crippen LogP contribution in [0.2, 0.25) is 0 Å². The van der Waals surface area contributed by atoms with Crippen LogP contribution in [0.25, 0.3) is 21.5 Å². The van der Waals surface area contributed by atoms with Gasteiger partial charge in [0, 0.05) is 29.0 Å². The highest BCUT2D eigenvalue weighted by atomic mass is 32.1. The Morgan fingerprint density at radius 2 is 2.14 bits per heavy atom. The summed E-state index contributed by atoms with van der Waals surface area (Å²) in [6, 6.07) is 8.35. The summed E-state index contributed by atoms with van der Waals surface area (Å²) >= 11 is 1.74. The summed E-state index contributed by atoms with van der Waals surface area (Å²) < 4.78 is 1.98. The van der Waals surface area contributed by atoms with Crippen molar-refractivity contribution in [1.82, 2.24) is 19.7 Å². The van der Waals surface area contributed by atoms with Gasteiger partial charge in [-0.3, -0.25) is 14.6 Å². The minimum Gasteiger partial charge on any atom is -0.264 e. The summed E-state index contributed by atoms with van der Waals surface area (Å²) in [5.74, 6) is 0. The van der Waals surface area contributed by atoms with Gasteiger partial charge in [0.25, 0.3) is 0 Å². The van der Waals surface area contributed by atoms with Gasteiger partial charge in [-0.15, -0.1) is 11.3 Å². The third-order valence-electron chi connectivity index (χ3n) is 3.57. The second kappa shape index (κ2) is 5.35. The zero-order valence-electron chi connectivity index (χ0n) is 12.1. The third kappa shape index (κ3) is 2.40. The van der Waals surface area contributed by atoms with Crippen molar-refractivity contribution < 1.29 is 0 Å². The van der Waals surface area contributed by atoms with Crippen LogP contribution >= 0.6 is 11.3 Å². The number of aryl methyl sites for hydroxylation is 1. The summed E-state index contributed by atoms with van der Waals surface area (Å²) in [7, 11) is 0. The van der Waals surface area contributed by atoms with Gasteiger partial charge < -0.3 is 0 Å². The highest BCUT2D eigenvalue weighted by Crippen LogP contribution is 2.28. The zero-order chi connectivity index (χ0) is 14.9. The fourth-order valence-electron chi connectivity index (χ4n) is 2.46. The van der Waals surface area contributed by atoms with Gasteiger partial charge in [-0.1, -0.05) is 6.07 Å². The maximum atomic E-state index is 4.54. The lowest BCUT2D eigenvalue weighted by molar-refractivity contribution is 0.710. The molecule has 0 saturated heterocycles. The van der Waals surface area contributed by atoms with Crippen molar-refractivity contribution >= 4 is 22.4 Å². The average molecular weight is 306 g/mol. The standard InChI is InChI=1S/C17H14N4S/c1-12-5-17(22-11-12)14-6-16-15(19-8-14)9-20-21(16)10-13-3-2-4-18-7-13/h2-9,11H,10H2,1H3. The summed E-state index contributed by atoms with van der Waals surface area (Å²) in [6.45, 7) is 2.81. The lowest BCUT2D eigenvalue weighted by Gasteiger charge is -2.04. The van der Waals surface area contributed by atoms with E-state index in [0.717, 1.165) is 22.2 Å². The van der Waals surface area contributed by atoms with Crippen molar-refractivity contribution in [2.24, 2.45) is 0 Å². The predicted octanol–water partition coefficient (Wildman–Crippen LogP) is 3.91. The van der Waals surface area contributed by atoms with Crippen LogP contribution in [0.15, 0.2) is 54.4 Å². The Hall–Kier alpha value is -2.53. The first kappa shape index (κ1) is 13.2. The molecule has 0 unspecified atom stereocenters. The van der Waals surface area contributed by atoms with Crippen LogP contribution in [-0.4, -0.2) is 19.7 Å². The molecule has 4 nitrogen and oxygen atoms in total. The van der Waals surface area contributed by atoms with Gasteiger partial charge in [0.1, 0.15) is 5.52 Å². The number of nitrogens with zero attached hydrogens (tertiary/aromatic N) is 4. The van der Waals surface area contributed by atoms with E-state index in [-0.39, 0.29) is 0 Å². The van der Waals surface area contributed by atoms with Crippen molar-refractivity contribution in [3.8, 4) is 10.4 Å². The molecule has 4 aromatic rings. The number of rotatable bonds is 3. The van der Waals surface area contributed by atoms with Crippen LogP contribution in [-0.2, 0) is 6.54 Å². The Labute approximate surface area is 132 Å². The van der Waals surface area contributed by atoms with Gasteiger partial charge in [0.15, 0.2) is 0 Å². The van der Waals surface area contributed by atoms with Crippen molar-refractivity contribution in [1.29, 1.82) is 0 Å². The highest BCUT2D eigenvalue weighted by Gasteiger charge is 2.08. The van der Waals surface area contributed by atoms with Crippen LogP contribution in [0.5, 0.6) is 0 Å². The number of hydrogen-bond donors (Lipinski definition) is 0. The molecule has 5 heteroatoms. The largest absolute Gasteiger partial charge is 0.264 e. The minimum absolute atomic E-state index is 0.700. The molecule has 0 fully saturated rings. The number of fused-ring (bicyclic) bond motifs is 1. The molecule has 4 rings (SSSR count). The Morgan fingerprint density at radius 3 is 2.91 bits per heavy atom. The first-order valence-corrected chi connectivity index (χ1v) is 7.93. The summed E-state index contributed by atoms with van der Waals surface area (Å²) in [5.41, 5.74) is 5.51. The van der Waals surface area contributed by atoms with Crippen LogP contribution < -0.4 is 0 Å². The molecule has 4 heterocycles.